The number of nitrogens with two attached hydrogens (primary N) is 1. The molecule has 1 aliphatic carbocycles. The Morgan fingerprint density at radius 3 is 2.76 bits per heavy atom. The molecule has 5 nitrogen and oxygen atoms in total. The lowest BCUT2D eigenvalue weighted by Gasteiger charge is -2.30. The SMILES string of the molecule is Cc1nn(C)c(NC(C)(CN)C2CC2)c1C#N. The smallest absolute Gasteiger partial charge is 0.142 e. The average molecular weight is 233 g/mol. The molecule has 17 heavy (non-hydrogen) atoms. The molecule has 1 aromatic heterocycles. The van der Waals surface area contributed by atoms with Crippen molar-refractivity contribution in [2.75, 3.05) is 11.9 Å². The first-order valence-electron chi connectivity index (χ1n) is 5.94. The first kappa shape index (κ1) is 11.9. The summed E-state index contributed by atoms with van der Waals surface area (Å²) in [4.78, 5) is 0. The van der Waals surface area contributed by atoms with Crippen LogP contribution < -0.4 is 11.1 Å². The Balaban J connectivity index is 2.32. The van der Waals surface area contributed by atoms with E-state index < -0.39 is 0 Å². The summed E-state index contributed by atoms with van der Waals surface area (Å²) in [6.07, 6.45) is 2.42. The van der Waals surface area contributed by atoms with Crippen molar-refractivity contribution in [3.05, 3.63) is 11.3 Å². The van der Waals surface area contributed by atoms with E-state index in [1.807, 2.05) is 14.0 Å². The highest BCUT2D eigenvalue weighted by Crippen LogP contribution is 2.41. The molecule has 1 aromatic rings. The zero-order valence-electron chi connectivity index (χ0n) is 10.6. The fourth-order valence-electron chi connectivity index (χ4n) is 2.25. The number of nitrogens with zero attached hydrogens (tertiary/aromatic N) is 3. The number of rotatable bonds is 4. The lowest BCUT2D eigenvalue weighted by molar-refractivity contribution is 0.454. The summed E-state index contributed by atoms with van der Waals surface area (Å²) in [5, 5.41) is 16.9. The summed E-state index contributed by atoms with van der Waals surface area (Å²) in [5.74, 6) is 1.39. The van der Waals surface area contributed by atoms with E-state index >= 15 is 0 Å². The zero-order chi connectivity index (χ0) is 12.6. The zero-order valence-corrected chi connectivity index (χ0v) is 10.6. The topological polar surface area (TPSA) is 79.7 Å². The Morgan fingerprint density at radius 1 is 1.65 bits per heavy atom. The van der Waals surface area contributed by atoms with Gasteiger partial charge in [0.05, 0.1) is 11.2 Å². The Hall–Kier alpha value is -1.54. The molecule has 92 valence electrons. The fraction of sp³-hybridized carbons (Fsp3) is 0.667. The standard InChI is InChI=1S/C12H19N5/c1-8-10(6-13)11(17(3)16-8)15-12(2,7-14)9-4-5-9/h9,15H,4-5,7,14H2,1-3H3. The molecule has 1 heterocycles. The average Bonchev–Trinajstić information content (AvgIpc) is 3.09. The van der Waals surface area contributed by atoms with Gasteiger partial charge in [0.1, 0.15) is 17.5 Å². The minimum Gasteiger partial charge on any atom is -0.362 e. The summed E-state index contributed by atoms with van der Waals surface area (Å²) in [5.41, 5.74) is 7.11. The van der Waals surface area contributed by atoms with E-state index in [0.29, 0.717) is 18.0 Å². The first-order valence-corrected chi connectivity index (χ1v) is 5.94. The molecule has 0 aliphatic heterocycles. The van der Waals surface area contributed by atoms with Crippen LogP contribution in [0.1, 0.15) is 31.0 Å². The molecule has 1 atom stereocenters. The van der Waals surface area contributed by atoms with Crippen LogP contribution in [0.2, 0.25) is 0 Å². The monoisotopic (exact) mass is 233 g/mol. The molecule has 3 N–H and O–H groups in total. The van der Waals surface area contributed by atoms with Gasteiger partial charge in [-0.15, -0.1) is 0 Å². The van der Waals surface area contributed by atoms with Crippen molar-refractivity contribution in [1.82, 2.24) is 9.78 Å². The van der Waals surface area contributed by atoms with Crippen molar-refractivity contribution < 1.29 is 0 Å². The second-order valence-corrected chi connectivity index (χ2v) is 5.07. The minimum absolute atomic E-state index is 0.133. The van der Waals surface area contributed by atoms with Gasteiger partial charge < -0.3 is 11.1 Å². The Morgan fingerprint density at radius 2 is 2.29 bits per heavy atom. The second-order valence-electron chi connectivity index (χ2n) is 5.07. The maximum Gasteiger partial charge on any atom is 0.142 e. The molecule has 0 aromatic carbocycles. The van der Waals surface area contributed by atoms with Crippen LogP contribution in [0, 0.1) is 24.2 Å². The number of hydrogen-bond acceptors (Lipinski definition) is 4. The summed E-state index contributed by atoms with van der Waals surface area (Å²) in [6, 6.07) is 2.20. The van der Waals surface area contributed by atoms with Crippen molar-refractivity contribution in [3.63, 3.8) is 0 Å². The first-order chi connectivity index (χ1) is 8.01. The van der Waals surface area contributed by atoms with Gasteiger partial charge in [-0.2, -0.15) is 10.4 Å². The van der Waals surface area contributed by atoms with Crippen molar-refractivity contribution in [1.29, 1.82) is 5.26 Å². The van der Waals surface area contributed by atoms with E-state index in [2.05, 4.69) is 23.4 Å². The highest BCUT2D eigenvalue weighted by Gasteiger charge is 2.41. The number of nitrogens with one attached hydrogen (secondary N) is 1. The summed E-state index contributed by atoms with van der Waals surface area (Å²) >= 11 is 0. The lowest BCUT2D eigenvalue weighted by Crippen LogP contribution is -2.45. The van der Waals surface area contributed by atoms with Gasteiger partial charge in [-0.25, -0.2) is 0 Å². The molecule has 0 spiro atoms. The number of anilines is 1. The predicted molar refractivity (Wildman–Crippen MR) is 66.5 cm³/mol. The number of aromatic nitrogens is 2. The molecule has 0 saturated heterocycles. The third-order valence-electron chi connectivity index (χ3n) is 3.64. The number of hydrogen-bond donors (Lipinski definition) is 2. The molecule has 1 fully saturated rings. The molecular weight excluding hydrogens is 214 g/mol. The maximum atomic E-state index is 9.16. The van der Waals surface area contributed by atoms with Crippen molar-refractivity contribution in [3.8, 4) is 6.07 Å². The van der Waals surface area contributed by atoms with Gasteiger partial charge in [-0.3, -0.25) is 4.68 Å². The summed E-state index contributed by atoms with van der Waals surface area (Å²) in [7, 11) is 1.85. The molecule has 0 bridgehead atoms. The molecule has 0 amide bonds. The van der Waals surface area contributed by atoms with Crippen molar-refractivity contribution >= 4 is 5.82 Å². The number of aryl methyl sites for hydroxylation is 2. The van der Waals surface area contributed by atoms with Gasteiger partial charge in [-0.05, 0) is 32.6 Å². The molecule has 2 rings (SSSR count). The van der Waals surface area contributed by atoms with Crippen LogP contribution in [0.4, 0.5) is 5.82 Å². The van der Waals surface area contributed by atoms with E-state index in [0.717, 1.165) is 11.5 Å². The summed E-state index contributed by atoms with van der Waals surface area (Å²) in [6.45, 7) is 4.53. The van der Waals surface area contributed by atoms with Crippen molar-refractivity contribution in [2.24, 2.45) is 18.7 Å². The van der Waals surface area contributed by atoms with Gasteiger partial charge in [-0.1, -0.05) is 0 Å². The fourth-order valence-corrected chi connectivity index (χ4v) is 2.25. The maximum absolute atomic E-state index is 9.16. The molecular formula is C12H19N5. The van der Waals surface area contributed by atoms with E-state index in [1.165, 1.54) is 12.8 Å². The summed E-state index contributed by atoms with van der Waals surface area (Å²) < 4.78 is 1.73. The van der Waals surface area contributed by atoms with Crippen LogP contribution in [0.15, 0.2) is 0 Å². The highest BCUT2D eigenvalue weighted by atomic mass is 15.3. The van der Waals surface area contributed by atoms with Gasteiger partial charge >= 0.3 is 0 Å². The highest BCUT2D eigenvalue weighted by molar-refractivity contribution is 5.56. The van der Waals surface area contributed by atoms with Crippen molar-refractivity contribution in [2.45, 2.75) is 32.2 Å². The van der Waals surface area contributed by atoms with Gasteiger partial charge in [0.15, 0.2) is 0 Å². The van der Waals surface area contributed by atoms with Crippen LogP contribution >= 0.6 is 0 Å². The van der Waals surface area contributed by atoms with Crippen LogP contribution in [-0.2, 0) is 7.05 Å². The van der Waals surface area contributed by atoms with Gasteiger partial charge in [0, 0.05) is 13.6 Å². The molecule has 1 unspecified atom stereocenters. The quantitative estimate of drug-likeness (QED) is 0.817. The Labute approximate surface area is 102 Å². The lowest BCUT2D eigenvalue weighted by atomic mass is 9.96. The normalized spacial score (nSPS) is 18.5. The van der Waals surface area contributed by atoms with E-state index in [1.54, 1.807) is 4.68 Å². The molecule has 5 heteroatoms. The molecule has 1 aliphatic rings. The van der Waals surface area contributed by atoms with Crippen LogP contribution in [-0.4, -0.2) is 21.9 Å². The van der Waals surface area contributed by atoms with E-state index in [-0.39, 0.29) is 5.54 Å². The van der Waals surface area contributed by atoms with Crippen LogP contribution in [0.3, 0.4) is 0 Å². The second kappa shape index (κ2) is 4.04. The van der Waals surface area contributed by atoms with Crippen LogP contribution in [0.25, 0.3) is 0 Å². The van der Waals surface area contributed by atoms with E-state index in [4.69, 9.17) is 11.0 Å². The van der Waals surface area contributed by atoms with Gasteiger partial charge in [0.25, 0.3) is 0 Å². The Bertz CT molecular complexity index is 466. The number of nitriles is 1. The largest absolute Gasteiger partial charge is 0.362 e. The van der Waals surface area contributed by atoms with Gasteiger partial charge in [0.2, 0.25) is 0 Å². The van der Waals surface area contributed by atoms with Crippen LogP contribution in [0.5, 0.6) is 0 Å². The minimum atomic E-state index is -0.133. The third-order valence-corrected chi connectivity index (χ3v) is 3.64. The van der Waals surface area contributed by atoms with E-state index in [9.17, 15) is 0 Å². The molecule has 1 saturated carbocycles. The predicted octanol–water partition coefficient (Wildman–Crippen LogP) is 1.14. The molecule has 0 radical (unpaired) electrons. The third kappa shape index (κ3) is 2.01. The Kier molecular flexibility index (Phi) is 2.84.